The lowest BCUT2D eigenvalue weighted by atomic mass is 10.1. The number of aromatic nitrogens is 2. The first-order valence-corrected chi connectivity index (χ1v) is 6.73. The third-order valence-electron chi connectivity index (χ3n) is 3.12. The Bertz CT molecular complexity index is 766. The molecule has 0 atom stereocenters. The summed E-state index contributed by atoms with van der Waals surface area (Å²) in [6, 6.07) is 11.2. The van der Waals surface area contributed by atoms with Gasteiger partial charge < -0.3 is 9.73 Å². The number of carbonyl (C=O) groups excluding carboxylic acids is 1. The van der Waals surface area contributed by atoms with Crippen molar-refractivity contribution in [2.45, 2.75) is 19.9 Å². The first-order valence-electron chi connectivity index (χ1n) is 6.73. The molecule has 0 aliphatic rings. The maximum absolute atomic E-state index is 11.9. The van der Waals surface area contributed by atoms with Crippen molar-refractivity contribution in [2.24, 2.45) is 0 Å². The van der Waals surface area contributed by atoms with Crippen LogP contribution in [0.15, 0.2) is 47.0 Å². The smallest absolute Gasteiger partial charge is 0.224 e. The molecule has 1 N–H and O–H groups in total. The lowest BCUT2D eigenvalue weighted by molar-refractivity contribution is -0.120. The summed E-state index contributed by atoms with van der Waals surface area (Å²) in [7, 11) is 0. The molecule has 0 bridgehead atoms. The van der Waals surface area contributed by atoms with Crippen LogP contribution in [0.2, 0.25) is 0 Å². The van der Waals surface area contributed by atoms with E-state index in [9.17, 15) is 4.79 Å². The minimum atomic E-state index is -0.0415. The Labute approximate surface area is 122 Å². The second-order valence-electron chi connectivity index (χ2n) is 4.81. The highest BCUT2D eigenvalue weighted by atomic mass is 16.3. The zero-order valence-electron chi connectivity index (χ0n) is 11.7. The number of hydrogen-bond acceptors (Lipinski definition) is 4. The number of carbonyl (C=O) groups is 1. The minimum absolute atomic E-state index is 0.0415. The van der Waals surface area contributed by atoms with Crippen molar-refractivity contribution in [3.8, 4) is 0 Å². The van der Waals surface area contributed by atoms with Crippen LogP contribution in [0.4, 0.5) is 0 Å². The summed E-state index contributed by atoms with van der Waals surface area (Å²) >= 11 is 0. The van der Waals surface area contributed by atoms with Gasteiger partial charge in [0, 0.05) is 13.1 Å². The zero-order valence-corrected chi connectivity index (χ0v) is 11.7. The normalized spacial score (nSPS) is 10.7. The van der Waals surface area contributed by atoms with Crippen LogP contribution in [0.1, 0.15) is 17.1 Å². The molecule has 0 unspecified atom stereocenters. The molecule has 3 aromatic rings. The van der Waals surface area contributed by atoms with Crippen molar-refractivity contribution in [1.82, 2.24) is 15.3 Å². The Morgan fingerprint density at radius 3 is 3.00 bits per heavy atom. The van der Waals surface area contributed by atoms with Gasteiger partial charge in [-0.3, -0.25) is 9.78 Å². The summed E-state index contributed by atoms with van der Waals surface area (Å²) in [5, 5.41) is 2.86. The molecule has 106 valence electrons. The maximum atomic E-state index is 11.9. The summed E-state index contributed by atoms with van der Waals surface area (Å²) in [6.45, 7) is 2.24. The van der Waals surface area contributed by atoms with E-state index in [1.807, 2.05) is 36.4 Å². The third kappa shape index (κ3) is 3.25. The molecular weight excluding hydrogens is 266 g/mol. The second kappa shape index (κ2) is 5.75. The average molecular weight is 281 g/mol. The second-order valence-corrected chi connectivity index (χ2v) is 4.81. The molecule has 2 heterocycles. The monoisotopic (exact) mass is 281 g/mol. The summed E-state index contributed by atoms with van der Waals surface area (Å²) in [6.07, 6.45) is 2.02. The van der Waals surface area contributed by atoms with Gasteiger partial charge in [0.1, 0.15) is 5.52 Å². The summed E-state index contributed by atoms with van der Waals surface area (Å²) in [4.78, 5) is 20.4. The van der Waals surface area contributed by atoms with E-state index in [-0.39, 0.29) is 5.91 Å². The Morgan fingerprint density at radius 1 is 1.29 bits per heavy atom. The van der Waals surface area contributed by atoms with E-state index in [2.05, 4.69) is 15.3 Å². The quantitative estimate of drug-likeness (QED) is 0.797. The lowest BCUT2D eigenvalue weighted by Crippen LogP contribution is -2.24. The predicted molar refractivity (Wildman–Crippen MR) is 78.5 cm³/mol. The summed E-state index contributed by atoms with van der Waals surface area (Å²) < 4.78 is 5.41. The first-order chi connectivity index (χ1) is 10.2. The molecule has 1 amide bonds. The Kier molecular flexibility index (Phi) is 3.64. The van der Waals surface area contributed by atoms with Crippen LogP contribution in [0.25, 0.3) is 11.1 Å². The van der Waals surface area contributed by atoms with Crippen LogP contribution in [0.3, 0.4) is 0 Å². The number of hydrogen-bond donors (Lipinski definition) is 1. The Morgan fingerprint density at radius 2 is 2.19 bits per heavy atom. The predicted octanol–water partition coefficient (Wildman–Crippen LogP) is 2.39. The van der Waals surface area contributed by atoms with Crippen LogP contribution in [-0.2, 0) is 17.8 Å². The van der Waals surface area contributed by atoms with Crippen molar-refractivity contribution in [3.05, 3.63) is 59.7 Å². The Hall–Kier alpha value is -2.69. The molecule has 0 saturated carbocycles. The SMILES string of the molecule is Cc1nc2cc(CC(=O)NCc3ccccn3)ccc2o1. The fraction of sp³-hybridized carbons (Fsp3) is 0.188. The summed E-state index contributed by atoms with van der Waals surface area (Å²) in [5.41, 5.74) is 3.27. The number of oxazole rings is 1. The zero-order chi connectivity index (χ0) is 14.7. The van der Waals surface area contributed by atoms with Crippen LogP contribution in [0, 0.1) is 6.92 Å². The number of fused-ring (bicyclic) bond motifs is 1. The number of aryl methyl sites for hydroxylation is 1. The molecule has 0 spiro atoms. The fourth-order valence-electron chi connectivity index (χ4n) is 2.14. The van der Waals surface area contributed by atoms with Gasteiger partial charge in [0.05, 0.1) is 18.7 Å². The van der Waals surface area contributed by atoms with E-state index in [0.717, 1.165) is 22.4 Å². The minimum Gasteiger partial charge on any atom is -0.441 e. The largest absolute Gasteiger partial charge is 0.441 e. The van der Waals surface area contributed by atoms with Crippen molar-refractivity contribution in [2.75, 3.05) is 0 Å². The topological polar surface area (TPSA) is 68.0 Å². The molecule has 0 aliphatic carbocycles. The van der Waals surface area contributed by atoms with Gasteiger partial charge in [0.25, 0.3) is 0 Å². The highest BCUT2D eigenvalue weighted by Gasteiger charge is 2.07. The van der Waals surface area contributed by atoms with Gasteiger partial charge in [-0.05, 0) is 29.8 Å². The number of nitrogens with one attached hydrogen (secondary N) is 1. The average Bonchev–Trinajstić information content (AvgIpc) is 2.85. The van der Waals surface area contributed by atoms with E-state index >= 15 is 0 Å². The number of rotatable bonds is 4. The molecule has 1 aromatic carbocycles. The molecule has 0 saturated heterocycles. The molecular formula is C16H15N3O2. The van der Waals surface area contributed by atoms with Gasteiger partial charge in [0.15, 0.2) is 11.5 Å². The van der Waals surface area contributed by atoms with Crippen molar-refractivity contribution < 1.29 is 9.21 Å². The van der Waals surface area contributed by atoms with Crippen LogP contribution >= 0.6 is 0 Å². The van der Waals surface area contributed by atoms with E-state index in [1.165, 1.54) is 0 Å². The van der Waals surface area contributed by atoms with Crippen LogP contribution in [-0.4, -0.2) is 15.9 Å². The van der Waals surface area contributed by atoms with Gasteiger partial charge in [-0.15, -0.1) is 0 Å². The molecule has 0 radical (unpaired) electrons. The standard InChI is InChI=1S/C16H15N3O2/c1-11-19-14-8-12(5-6-15(14)21-11)9-16(20)18-10-13-4-2-3-7-17-13/h2-8H,9-10H2,1H3,(H,18,20). The van der Waals surface area contributed by atoms with E-state index < -0.39 is 0 Å². The molecule has 2 aromatic heterocycles. The highest BCUT2D eigenvalue weighted by molar-refractivity contribution is 5.81. The van der Waals surface area contributed by atoms with Crippen molar-refractivity contribution in [3.63, 3.8) is 0 Å². The first kappa shape index (κ1) is 13.3. The van der Waals surface area contributed by atoms with Gasteiger partial charge in [-0.2, -0.15) is 0 Å². The molecule has 0 aliphatic heterocycles. The van der Waals surface area contributed by atoms with Gasteiger partial charge in [-0.1, -0.05) is 12.1 Å². The number of amides is 1. The molecule has 0 fully saturated rings. The lowest BCUT2D eigenvalue weighted by Gasteiger charge is -2.04. The molecule has 5 nitrogen and oxygen atoms in total. The van der Waals surface area contributed by atoms with Gasteiger partial charge >= 0.3 is 0 Å². The summed E-state index contributed by atoms with van der Waals surface area (Å²) in [5.74, 6) is 0.585. The van der Waals surface area contributed by atoms with E-state index in [1.54, 1.807) is 13.1 Å². The Balaban J connectivity index is 1.63. The number of nitrogens with zero attached hydrogens (tertiary/aromatic N) is 2. The van der Waals surface area contributed by atoms with Crippen molar-refractivity contribution >= 4 is 17.0 Å². The maximum Gasteiger partial charge on any atom is 0.224 e. The number of benzene rings is 1. The third-order valence-corrected chi connectivity index (χ3v) is 3.12. The van der Waals surface area contributed by atoms with Crippen LogP contribution < -0.4 is 5.32 Å². The van der Waals surface area contributed by atoms with E-state index in [0.29, 0.717) is 18.9 Å². The van der Waals surface area contributed by atoms with Gasteiger partial charge in [-0.25, -0.2) is 4.98 Å². The molecule has 21 heavy (non-hydrogen) atoms. The van der Waals surface area contributed by atoms with E-state index in [4.69, 9.17) is 4.42 Å². The molecule has 3 rings (SSSR count). The van der Waals surface area contributed by atoms with Gasteiger partial charge in [0.2, 0.25) is 5.91 Å². The fourth-order valence-corrected chi connectivity index (χ4v) is 2.14. The molecule has 5 heteroatoms. The van der Waals surface area contributed by atoms with Crippen molar-refractivity contribution in [1.29, 1.82) is 0 Å². The van der Waals surface area contributed by atoms with Crippen LogP contribution in [0.5, 0.6) is 0 Å². The number of pyridine rings is 1. The highest BCUT2D eigenvalue weighted by Crippen LogP contribution is 2.17.